The van der Waals surface area contributed by atoms with Gasteiger partial charge in [0.2, 0.25) is 5.91 Å². The second-order valence-corrected chi connectivity index (χ2v) is 7.47. The summed E-state index contributed by atoms with van der Waals surface area (Å²) >= 11 is 0. The standard InChI is InChI=1S/C22H26N4O3/c1-15(23-17-8-9-20-19(14-17)24-21(27)16(2)29-20)22(28)26-12-10-25(11-13-26)18-6-4-3-5-7-18/h3-9,14-16,23H,10-13H2,1-2H3,(H,24,27)/t15-,16+/m0/s1. The molecule has 0 saturated carbocycles. The van der Waals surface area contributed by atoms with Crippen LogP contribution in [0.4, 0.5) is 17.1 Å². The van der Waals surface area contributed by atoms with E-state index in [4.69, 9.17) is 4.74 Å². The number of carbonyl (C=O) groups excluding carboxylic acids is 2. The molecule has 1 saturated heterocycles. The lowest BCUT2D eigenvalue weighted by Gasteiger charge is -2.37. The van der Waals surface area contributed by atoms with Gasteiger partial charge in [0.05, 0.1) is 5.69 Å². The Labute approximate surface area is 170 Å². The molecule has 29 heavy (non-hydrogen) atoms. The second-order valence-electron chi connectivity index (χ2n) is 7.47. The Morgan fingerprint density at radius 2 is 1.86 bits per heavy atom. The van der Waals surface area contributed by atoms with Crippen molar-refractivity contribution in [1.29, 1.82) is 0 Å². The molecule has 7 heteroatoms. The minimum absolute atomic E-state index is 0.0735. The van der Waals surface area contributed by atoms with E-state index in [0.29, 0.717) is 24.5 Å². The van der Waals surface area contributed by atoms with Crippen LogP contribution in [-0.2, 0) is 9.59 Å². The monoisotopic (exact) mass is 394 g/mol. The highest BCUT2D eigenvalue weighted by Gasteiger charge is 2.26. The number of piperazine rings is 1. The number of rotatable bonds is 4. The fourth-order valence-electron chi connectivity index (χ4n) is 3.71. The van der Waals surface area contributed by atoms with Gasteiger partial charge in [-0.15, -0.1) is 0 Å². The molecule has 0 aromatic heterocycles. The van der Waals surface area contributed by atoms with Crippen LogP contribution >= 0.6 is 0 Å². The number of para-hydroxylation sites is 1. The van der Waals surface area contributed by atoms with Crippen LogP contribution in [0.2, 0.25) is 0 Å². The first kappa shape index (κ1) is 19.1. The lowest BCUT2D eigenvalue weighted by atomic mass is 10.1. The Kier molecular flexibility index (Phi) is 5.29. The summed E-state index contributed by atoms with van der Waals surface area (Å²) in [6.45, 7) is 6.62. The average molecular weight is 394 g/mol. The molecule has 0 radical (unpaired) electrons. The van der Waals surface area contributed by atoms with E-state index in [-0.39, 0.29) is 17.9 Å². The maximum Gasteiger partial charge on any atom is 0.265 e. The SMILES string of the molecule is C[C@H](Nc1ccc2c(c1)NC(=O)[C@@H](C)O2)C(=O)N1CCN(c2ccccc2)CC1. The van der Waals surface area contributed by atoms with Gasteiger partial charge in [0.15, 0.2) is 6.10 Å². The van der Waals surface area contributed by atoms with Crippen molar-refractivity contribution in [3.8, 4) is 5.75 Å². The maximum absolute atomic E-state index is 12.9. The molecule has 1 fully saturated rings. The van der Waals surface area contributed by atoms with Gasteiger partial charge < -0.3 is 25.2 Å². The first-order valence-electron chi connectivity index (χ1n) is 9.98. The summed E-state index contributed by atoms with van der Waals surface area (Å²) < 4.78 is 5.57. The Bertz CT molecular complexity index is 894. The van der Waals surface area contributed by atoms with Crippen molar-refractivity contribution < 1.29 is 14.3 Å². The molecule has 2 aliphatic rings. The first-order chi connectivity index (χ1) is 14.0. The van der Waals surface area contributed by atoms with Crippen LogP contribution in [0.15, 0.2) is 48.5 Å². The second kappa shape index (κ2) is 8.03. The van der Waals surface area contributed by atoms with Crippen molar-refractivity contribution in [2.45, 2.75) is 26.0 Å². The van der Waals surface area contributed by atoms with Gasteiger partial charge in [-0.1, -0.05) is 18.2 Å². The third-order valence-electron chi connectivity index (χ3n) is 5.38. The van der Waals surface area contributed by atoms with E-state index >= 15 is 0 Å². The predicted octanol–water partition coefficient (Wildman–Crippen LogP) is 2.56. The predicted molar refractivity (Wildman–Crippen MR) is 113 cm³/mol. The summed E-state index contributed by atoms with van der Waals surface area (Å²) in [6, 6.07) is 15.4. The number of benzene rings is 2. The molecule has 7 nitrogen and oxygen atoms in total. The average Bonchev–Trinajstić information content (AvgIpc) is 2.75. The molecule has 152 valence electrons. The van der Waals surface area contributed by atoms with Crippen molar-refractivity contribution in [1.82, 2.24) is 4.90 Å². The van der Waals surface area contributed by atoms with Gasteiger partial charge in [-0.3, -0.25) is 9.59 Å². The van der Waals surface area contributed by atoms with Crippen LogP contribution in [0, 0.1) is 0 Å². The van der Waals surface area contributed by atoms with Crippen LogP contribution < -0.4 is 20.3 Å². The third-order valence-corrected chi connectivity index (χ3v) is 5.38. The van der Waals surface area contributed by atoms with Crippen molar-refractivity contribution in [3.63, 3.8) is 0 Å². The van der Waals surface area contributed by atoms with E-state index in [1.807, 2.05) is 42.2 Å². The number of ether oxygens (including phenoxy) is 1. The van der Waals surface area contributed by atoms with Crippen molar-refractivity contribution in [2.75, 3.05) is 41.7 Å². The quantitative estimate of drug-likeness (QED) is 0.834. The minimum Gasteiger partial charge on any atom is -0.479 e. The summed E-state index contributed by atoms with van der Waals surface area (Å²) in [5.41, 5.74) is 2.58. The lowest BCUT2D eigenvalue weighted by Crippen LogP contribution is -2.52. The fraction of sp³-hybridized carbons (Fsp3) is 0.364. The molecule has 0 spiro atoms. The maximum atomic E-state index is 12.9. The minimum atomic E-state index is -0.503. The van der Waals surface area contributed by atoms with E-state index < -0.39 is 6.10 Å². The topological polar surface area (TPSA) is 73.9 Å². The summed E-state index contributed by atoms with van der Waals surface area (Å²) in [4.78, 5) is 28.9. The van der Waals surface area contributed by atoms with Gasteiger partial charge in [-0.25, -0.2) is 0 Å². The van der Waals surface area contributed by atoms with E-state index in [0.717, 1.165) is 18.8 Å². The zero-order valence-corrected chi connectivity index (χ0v) is 16.7. The number of hydrogen-bond donors (Lipinski definition) is 2. The molecule has 0 bridgehead atoms. The number of nitrogens with one attached hydrogen (secondary N) is 2. The first-order valence-corrected chi connectivity index (χ1v) is 9.98. The van der Waals surface area contributed by atoms with Gasteiger partial charge in [-0.2, -0.15) is 0 Å². The summed E-state index contributed by atoms with van der Waals surface area (Å²) in [5.74, 6) is 0.540. The summed E-state index contributed by atoms with van der Waals surface area (Å²) in [5, 5.41) is 6.08. The smallest absolute Gasteiger partial charge is 0.265 e. The number of fused-ring (bicyclic) bond motifs is 1. The highest BCUT2D eigenvalue weighted by Crippen LogP contribution is 2.32. The number of nitrogens with zero attached hydrogens (tertiary/aromatic N) is 2. The molecule has 4 rings (SSSR count). The van der Waals surface area contributed by atoms with Gasteiger partial charge in [-0.05, 0) is 44.2 Å². The zero-order chi connectivity index (χ0) is 20.4. The molecule has 2 amide bonds. The molecule has 0 unspecified atom stereocenters. The van der Waals surface area contributed by atoms with Gasteiger partial charge in [0.1, 0.15) is 11.8 Å². The molecule has 2 atom stereocenters. The highest BCUT2D eigenvalue weighted by molar-refractivity contribution is 5.98. The third kappa shape index (κ3) is 4.13. The van der Waals surface area contributed by atoms with Crippen LogP contribution in [-0.4, -0.2) is 55.0 Å². The molecular formula is C22H26N4O3. The van der Waals surface area contributed by atoms with Crippen molar-refractivity contribution in [2.24, 2.45) is 0 Å². The zero-order valence-electron chi connectivity index (χ0n) is 16.7. The Hall–Kier alpha value is -3.22. The fourth-order valence-corrected chi connectivity index (χ4v) is 3.71. The van der Waals surface area contributed by atoms with Gasteiger partial charge in [0.25, 0.3) is 5.91 Å². The lowest BCUT2D eigenvalue weighted by molar-refractivity contribution is -0.132. The molecular weight excluding hydrogens is 368 g/mol. The molecule has 2 aliphatic heterocycles. The van der Waals surface area contributed by atoms with Crippen LogP contribution in [0.25, 0.3) is 0 Å². The Morgan fingerprint density at radius 3 is 2.59 bits per heavy atom. The van der Waals surface area contributed by atoms with Crippen LogP contribution in [0.1, 0.15) is 13.8 Å². The Morgan fingerprint density at radius 1 is 1.14 bits per heavy atom. The van der Waals surface area contributed by atoms with E-state index in [1.54, 1.807) is 13.0 Å². The van der Waals surface area contributed by atoms with E-state index in [9.17, 15) is 9.59 Å². The van der Waals surface area contributed by atoms with Crippen LogP contribution in [0.5, 0.6) is 5.75 Å². The van der Waals surface area contributed by atoms with Gasteiger partial charge in [0, 0.05) is 37.6 Å². The highest BCUT2D eigenvalue weighted by atomic mass is 16.5. The normalized spacial score (nSPS) is 19.7. The largest absolute Gasteiger partial charge is 0.479 e. The summed E-state index contributed by atoms with van der Waals surface area (Å²) in [6.07, 6.45) is -0.503. The number of hydrogen-bond acceptors (Lipinski definition) is 5. The van der Waals surface area contributed by atoms with E-state index in [2.05, 4.69) is 27.7 Å². The van der Waals surface area contributed by atoms with E-state index in [1.165, 1.54) is 5.69 Å². The molecule has 2 heterocycles. The van der Waals surface area contributed by atoms with Crippen molar-refractivity contribution in [3.05, 3.63) is 48.5 Å². The number of amides is 2. The number of carbonyl (C=O) groups is 2. The van der Waals surface area contributed by atoms with Gasteiger partial charge >= 0.3 is 0 Å². The van der Waals surface area contributed by atoms with Crippen molar-refractivity contribution >= 4 is 28.9 Å². The molecule has 2 N–H and O–H groups in total. The number of anilines is 3. The Balaban J connectivity index is 1.34. The molecule has 2 aromatic rings. The molecule has 0 aliphatic carbocycles. The van der Waals surface area contributed by atoms with Crippen LogP contribution in [0.3, 0.4) is 0 Å². The summed E-state index contributed by atoms with van der Waals surface area (Å²) in [7, 11) is 0. The molecule has 2 aromatic carbocycles.